The first-order valence-electron chi connectivity index (χ1n) is 5.50. The SMILES string of the molecule is CC(=O)Nc1ccc(-c2ccc([As]=O)cc2)cc1. The molecule has 0 heterocycles. The van der Waals surface area contributed by atoms with Crippen LogP contribution in [0.1, 0.15) is 6.92 Å². The Hall–Kier alpha value is -1.73. The monoisotopic (exact) mass is 301 g/mol. The molecule has 0 saturated carbocycles. The van der Waals surface area contributed by atoms with Crippen molar-refractivity contribution < 1.29 is 8.53 Å². The van der Waals surface area contributed by atoms with Gasteiger partial charge < -0.3 is 0 Å². The van der Waals surface area contributed by atoms with Crippen molar-refractivity contribution in [3.05, 3.63) is 48.5 Å². The van der Waals surface area contributed by atoms with Crippen molar-refractivity contribution in [1.29, 1.82) is 0 Å². The van der Waals surface area contributed by atoms with Crippen molar-refractivity contribution >= 4 is 31.6 Å². The molecule has 2 aromatic carbocycles. The second kappa shape index (κ2) is 5.74. The Morgan fingerprint density at radius 2 is 1.44 bits per heavy atom. The van der Waals surface area contributed by atoms with Crippen LogP contribution in [0.3, 0.4) is 0 Å². The molecular weight excluding hydrogens is 289 g/mol. The van der Waals surface area contributed by atoms with E-state index in [0.29, 0.717) is 0 Å². The zero-order valence-corrected chi connectivity index (χ0v) is 11.8. The van der Waals surface area contributed by atoms with Gasteiger partial charge in [0.05, 0.1) is 0 Å². The molecule has 2 aromatic rings. The van der Waals surface area contributed by atoms with E-state index in [4.69, 9.17) is 0 Å². The van der Waals surface area contributed by atoms with Gasteiger partial charge in [-0.3, -0.25) is 0 Å². The topological polar surface area (TPSA) is 46.2 Å². The summed E-state index contributed by atoms with van der Waals surface area (Å²) in [4.78, 5) is 10.9. The molecule has 0 atom stereocenters. The van der Waals surface area contributed by atoms with Gasteiger partial charge in [-0.05, 0) is 0 Å². The fourth-order valence-electron chi connectivity index (χ4n) is 1.66. The minimum atomic E-state index is -0.955. The van der Waals surface area contributed by atoms with Gasteiger partial charge in [-0.25, -0.2) is 0 Å². The van der Waals surface area contributed by atoms with E-state index in [0.717, 1.165) is 21.2 Å². The van der Waals surface area contributed by atoms with Gasteiger partial charge in [-0.15, -0.1) is 0 Å². The molecule has 2 rings (SSSR count). The fourth-order valence-corrected chi connectivity index (χ4v) is 2.23. The molecule has 1 N–H and O–H groups in total. The van der Waals surface area contributed by atoms with E-state index in [1.807, 2.05) is 48.5 Å². The summed E-state index contributed by atoms with van der Waals surface area (Å²) in [7, 11) is 0. The van der Waals surface area contributed by atoms with Crippen LogP contribution in [0.5, 0.6) is 0 Å². The number of nitrogens with one attached hydrogen (secondary N) is 1. The maximum absolute atomic E-state index is 10.9. The third-order valence-electron chi connectivity index (χ3n) is 2.51. The summed E-state index contributed by atoms with van der Waals surface area (Å²) in [6.07, 6.45) is 0. The van der Waals surface area contributed by atoms with Gasteiger partial charge in [0.25, 0.3) is 0 Å². The Morgan fingerprint density at radius 1 is 0.944 bits per heavy atom. The number of anilines is 1. The van der Waals surface area contributed by atoms with Crippen LogP contribution in [0, 0.1) is 0 Å². The van der Waals surface area contributed by atoms with Crippen LogP contribution in [0.15, 0.2) is 48.5 Å². The number of benzene rings is 2. The average molecular weight is 301 g/mol. The summed E-state index contributed by atoms with van der Waals surface area (Å²) in [6.45, 7) is 1.48. The van der Waals surface area contributed by atoms with Crippen LogP contribution >= 0.6 is 0 Å². The van der Waals surface area contributed by atoms with E-state index >= 15 is 0 Å². The Kier molecular flexibility index (Phi) is 4.06. The second-order valence-corrected chi connectivity index (χ2v) is 5.36. The van der Waals surface area contributed by atoms with Gasteiger partial charge in [0.1, 0.15) is 0 Å². The average Bonchev–Trinajstić information content (AvgIpc) is 2.39. The predicted molar refractivity (Wildman–Crippen MR) is 72.3 cm³/mol. The predicted octanol–water partition coefficient (Wildman–Crippen LogP) is 1.99. The Labute approximate surface area is 112 Å². The Bertz CT molecular complexity index is 561. The quantitative estimate of drug-likeness (QED) is 0.881. The molecule has 0 radical (unpaired) electrons. The van der Waals surface area contributed by atoms with E-state index < -0.39 is 15.7 Å². The van der Waals surface area contributed by atoms with Crippen LogP contribution < -0.4 is 9.67 Å². The maximum atomic E-state index is 10.9. The van der Waals surface area contributed by atoms with Crippen molar-refractivity contribution in [3.63, 3.8) is 0 Å². The molecule has 0 saturated heterocycles. The Morgan fingerprint density at radius 3 is 1.89 bits per heavy atom. The van der Waals surface area contributed by atoms with E-state index in [1.165, 1.54) is 6.92 Å². The molecule has 0 aromatic heterocycles. The second-order valence-electron chi connectivity index (χ2n) is 3.90. The summed E-state index contributed by atoms with van der Waals surface area (Å²) in [5.41, 5.74) is 2.92. The first kappa shape index (κ1) is 12.7. The first-order chi connectivity index (χ1) is 8.69. The molecule has 18 heavy (non-hydrogen) atoms. The summed E-state index contributed by atoms with van der Waals surface area (Å²) >= 11 is -0.955. The molecular formula is C14H12AsNO2. The van der Waals surface area contributed by atoms with Crippen molar-refractivity contribution in [2.75, 3.05) is 5.32 Å². The number of hydrogen-bond donors (Lipinski definition) is 1. The van der Waals surface area contributed by atoms with Crippen molar-refractivity contribution in [2.45, 2.75) is 6.92 Å². The molecule has 0 unspecified atom stereocenters. The van der Waals surface area contributed by atoms with E-state index in [9.17, 15) is 8.53 Å². The van der Waals surface area contributed by atoms with Gasteiger partial charge in [0.15, 0.2) is 0 Å². The van der Waals surface area contributed by atoms with Crippen molar-refractivity contribution in [1.82, 2.24) is 0 Å². The summed E-state index contributed by atoms with van der Waals surface area (Å²) in [5, 5.41) is 2.73. The number of amides is 1. The molecule has 0 fully saturated rings. The van der Waals surface area contributed by atoms with E-state index in [-0.39, 0.29) is 5.91 Å². The molecule has 0 aliphatic heterocycles. The normalized spacial score (nSPS) is 10.3. The standard InChI is InChI=1S/C14H12AsNO2/c1-10(17)16-14-8-4-12(5-9-14)11-2-6-13(15-18)7-3-11/h2-9H,1H3,(H,16,17). The summed E-state index contributed by atoms with van der Waals surface area (Å²) in [6, 6.07) is 15.3. The number of hydrogen-bond acceptors (Lipinski definition) is 2. The van der Waals surface area contributed by atoms with Crippen molar-refractivity contribution in [2.24, 2.45) is 0 Å². The molecule has 0 spiro atoms. The Balaban J connectivity index is 2.22. The van der Waals surface area contributed by atoms with E-state index in [2.05, 4.69) is 5.32 Å². The summed E-state index contributed by atoms with van der Waals surface area (Å²) in [5.74, 6) is -0.0779. The van der Waals surface area contributed by atoms with Gasteiger partial charge >= 0.3 is 112 Å². The van der Waals surface area contributed by atoms with E-state index in [1.54, 1.807) is 0 Å². The molecule has 0 bridgehead atoms. The number of rotatable bonds is 3. The summed E-state index contributed by atoms with van der Waals surface area (Å²) < 4.78 is 11.7. The van der Waals surface area contributed by atoms with Crippen LogP contribution in [0.25, 0.3) is 11.1 Å². The third kappa shape index (κ3) is 3.14. The van der Waals surface area contributed by atoms with Gasteiger partial charge in [0.2, 0.25) is 0 Å². The van der Waals surface area contributed by atoms with Crippen molar-refractivity contribution in [3.8, 4) is 11.1 Å². The molecule has 3 nitrogen and oxygen atoms in total. The molecule has 0 aliphatic carbocycles. The molecule has 0 aliphatic rings. The van der Waals surface area contributed by atoms with Gasteiger partial charge in [-0.2, -0.15) is 0 Å². The molecule has 4 heteroatoms. The zero-order valence-electron chi connectivity index (χ0n) is 9.88. The van der Waals surface area contributed by atoms with Gasteiger partial charge in [0, 0.05) is 0 Å². The van der Waals surface area contributed by atoms with Crippen LogP contribution in [-0.4, -0.2) is 21.6 Å². The first-order valence-corrected chi connectivity index (χ1v) is 7.21. The van der Waals surface area contributed by atoms with Crippen LogP contribution in [-0.2, 0) is 8.53 Å². The number of carbonyl (C=O) groups excluding carboxylic acids is 1. The zero-order chi connectivity index (χ0) is 13.0. The van der Waals surface area contributed by atoms with Gasteiger partial charge in [-0.1, -0.05) is 0 Å². The van der Waals surface area contributed by atoms with Crippen LogP contribution in [0.4, 0.5) is 5.69 Å². The fraction of sp³-hybridized carbons (Fsp3) is 0.0714. The van der Waals surface area contributed by atoms with Crippen LogP contribution in [0.2, 0.25) is 0 Å². The number of carbonyl (C=O) groups is 1. The minimum absolute atomic E-state index is 0.0779. The molecule has 1 amide bonds. The molecule has 90 valence electrons. The third-order valence-corrected chi connectivity index (χ3v) is 3.58.